The molecule has 1 fully saturated rings. The quantitative estimate of drug-likeness (QED) is 0.836. The summed E-state index contributed by atoms with van der Waals surface area (Å²) in [5, 5.41) is 19.6. The van der Waals surface area contributed by atoms with Crippen molar-refractivity contribution in [3.05, 3.63) is 29.8 Å². The minimum absolute atomic E-state index is 0.0124. The van der Waals surface area contributed by atoms with Crippen LogP contribution in [0.4, 0.5) is 0 Å². The van der Waals surface area contributed by atoms with Gasteiger partial charge in [-0.2, -0.15) is 0 Å². The molecule has 1 saturated heterocycles. The van der Waals surface area contributed by atoms with Crippen LogP contribution in [0.5, 0.6) is 5.75 Å². The molecule has 3 atom stereocenters. The molecule has 1 heterocycles. The summed E-state index contributed by atoms with van der Waals surface area (Å²) in [7, 11) is 1.61. The fourth-order valence-electron chi connectivity index (χ4n) is 2.42. The van der Waals surface area contributed by atoms with Crippen LogP contribution in [0.3, 0.4) is 0 Å². The van der Waals surface area contributed by atoms with E-state index in [1.54, 1.807) is 7.11 Å². The van der Waals surface area contributed by atoms with Gasteiger partial charge in [-0.15, -0.1) is 0 Å². The molecule has 2 N–H and O–H groups in total. The van der Waals surface area contributed by atoms with Crippen LogP contribution in [0.25, 0.3) is 0 Å². The minimum atomic E-state index is -0.579. The highest BCUT2D eigenvalue weighted by Gasteiger charge is 2.27. The van der Waals surface area contributed by atoms with Crippen LogP contribution in [-0.4, -0.2) is 60.7 Å². The highest BCUT2D eigenvalue weighted by molar-refractivity contribution is 5.29. The number of rotatable bonds is 5. The van der Waals surface area contributed by atoms with Crippen molar-refractivity contribution < 1.29 is 19.7 Å². The van der Waals surface area contributed by atoms with Gasteiger partial charge in [0.2, 0.25) is 0 Å². The molecule has 0 aliphatic carbocycles. The Hall–Kier alpha value is -1.14. The van der Waals surface area contributed by atoms with E-state index in [1.807, 2.05) is 24.3 Å². The van der Waals surface area contributed by atoms with E-state index in [0.717, 1.165) is 11.3 Å². The van der Waals surface area contributed by atoms with E-state index >= 15 is 0 Å². The number of ether oxygens (including phenoxy) is 2. The summed E-state index contributed by atoms with van der Waals surface area (Å²) in [4.78, 5) is 2.15. The average molecular weight is 281 g/mol. The van der Waals surface area contributed by atoms with Crippen molar-refractivity contribution in [2.75, 3.05) is 33.4 Å². The molecule has 20 heavy (non-hydrogen) atoms. The number of hydrogen-bond acceptors (Lipinski definition) is 5. The van der Waals surface area contributed by atoms with Gasteiger partial charge in [-0.05, 0) is 24.6 Å². The Morgan fingerprint density at radius 3 is 3.00 bits per heavy atom. The molecule has 1 aromatic carbocycles. The number of hydrogen-bond donors (Lipinski definition) is 2. The van der Waals surface area contributed by atoms with Crippen molar-refractivity contribution in [1.29, 1.82) is 0 Å². The van der Waals surface area contributed by atoms with Crippen LogP contribution in [0, 0.1) is 0 Å². The first kappa shape index (κ1) is 15.3. The lowest BCUT2D eigenvalue weighted by molar-refractivity contribution is -0.0869. The molecule has 1 aromatic rings. The topological polar surface area (TPSA) is 62.2 Å². The Morgan fingerprint density at radius 1 is 1.50 bits per heavy atom. The van der Waals surface area contributed by atoms with Gasteiger partial charge in [-0.3, -0.25) is 4.90 Å². The summed E-state index contributed by atoms with van der Waals surface area (Å²) >= 11 is 0. The largest absolute Gasteiger partial charge is 0.497 e. The maximum atomic E-state index is 10.4. The smallest absolute Gasteiger partial charge is 0.119 e. The van der Waals surface area contributed by atoms with Gasteiger partial charge in [-0.25, -0.2) is 0 Å². The van der Waals surface area contributed by atoms with Crippen LogP contribution >= 0.6 is 0 Å². The summed E-state index contributed by atoms with van der Waals surface area (Å²) in [6, 6.07) is 7.70. The molecule has 1 aliphatic rings. The molecule has 1 aliphatic heterocycles. The molecule has 0 aromatic heterocycles. The normalized spacial score (nSPS) is 25.4. The molecule has 0 amide bonds. The second-order valence-electron chi connectivity index (χ2n) is 5.23. The van der Waals surface area contributed by atoms with Crippen LogP contribution in [0.1, 0.15) is 18.6 Å². The third-order valence-corrected chi connectivity index (χ3v) is 3.72. The molecule has 5 heteroatoms. The van der Waals surface area contributed by atoms with Gasteiger partial charge in [0.15, 0.2) is 0 Å². The molecule has 3 unspecified atom stereocenters. The predicted molar refractivity (Wildman–Crippen MR) is 75.8 cm³/mol. The van der Waals surface area contributed by atoms with E-state index in [2.05, 4.69) is 11.8 Å². The van der Waals surface area contributed by atoms with E-state index in [-0.39, 0.29) is 18.8 Å². The van der Waals surface area contributed by atoms with E-state index in [4.69, 9.17) is 9.47 Å². The fraction of sp³-hybridized carbons (Fsp3) is 0.600. The van der Waals surface area contributed by atoms with E-state index in [9.17, 15) is 10.2 Å². The van der Waals surface area contributed by atoms with Crippen molar-refractivity contribution in [1.82, 2.24) is 4.90 Å². The lowest BCUT2D eigenvalue weighted by Gasteiger charge is -2.38. The molecule has 112 valence electrons. The first-order valence-corrected chi connectivity index (χ1v) is 6.92. The zero-order valence-corrected chi connectivity index (χ0v) is 12.0. The minimum Gasteiger partial charge on any atom is -0.497 e. The van der Waals surface area contributed by atoms with Crippen molar-refractivity contribution in [2.24, 2.45) is 0 Å². The Labute approximate surface area is 119 Å². The Kier molecular flexibility index (Phi) is 5.37. The number of benzene rings is 1. The van der Waals surface area contributed by atoms with Gasteiger partial charge >= 0.3 is 0 Å². The summed E-state index contributed by atoms with van der Waals surface area (Å²) in [5.41, 5.74) is 0.837. The van der Waals surface area contributed by atoms with Gasteiger partial charge in [0, 0.05) is 19.1 Å². The van der Waals surface area contributed by atoms with Gasteiger partial charge in [-0.1, -0.05) is 12.1 Å². The van der Waals surface area contributed by atoms with E-state index < -0.39 is 6.10 Å². The summed E-state index contributed by atoms with van der Waals surface area (Å²) < 4.78 is 10.7. The lowest BCUT2D eigenvalue weighted by Crippen LogP contribution is -2.50. The second-order valence-corrected chi connectivity index (χ2v) is 5.23. The zero-order chi connectivity index (χ0) is 14.5. The maximum Gasteiger partial charge on any atom is 0.119 e. The van der Waals surface area contributed by atoms with E-state index in [0.29, 0.717) is 19.7 Å². The summed E-state index contributed by atoms with van der Waals surface area (Å²) in [6.07, 6.45) is -0.742. The monoisotopic (exact) mass is 281 g/mol. The van der Waals surface area contributed by atoms with Crippen molar-refractivity contribution in [2.45, 2.75) is 25.2 Å². The van der Waals surface area contributed by atoms with Crippen LogP contribution < -0.4 is 4.74 Å². The molecule has 0 radical (unpaired) electrons. The van der Waals surface area contributed by atoms with Gasteiger partial charge in [0.1, 0.15) is 5.75 Å². The Bertz CT molecular complexity index is 426. The average Bonchev–Trinajstić information content (AvgIpc) is 2.49. The summed E-state index contributed by atoms with van der Waals surface area (Å²) in [6.45, 7) is 3.81. The number of aliphatic hydroxyl groups is 2. The maximum absolute atomic E-state index is 10.4. The SMILES string of the molecule is COc1cccc(C(O)CN2CC(CO)OCC2C)c1. The molecule has 0 saturated carbocycles. The third kappa shape index (κ3) is 3.70. The predicted octanol–water partition coefficient (Wildman–Crippen LogP) is 0.810. The first-order chi connectivity index (χ1) is 9.63. The van der Waals surface area contributed by atoms with Crippen molar-refractivity contribution >= 4 is 0 Å². The van der Waals surface area contributed by atoms with Crippen molar-refractivity contribution in [3.8, 4) is 5.75 Å². The Balaban J connectivity index is 2.00. The molecule has 0 bridgehead atoms. The molecular formula is C15H23NO4. The molecular weight excluding hydrogens is 258 g/mol. The molecule has 5 nitrogen and oxygen atoms in total. The van der Waals surface area contributed by atoms with E-state index in [1.165, 1.54) is 0 Å². The van der Waals surface area contributed by atoms with Gasteiger partial charge < -0.3 is 19.7 Å². The number of aliphatic hydroxyl groups excluding tert-OH is 2. The summed E-state index contributed by atoms with van der Waals surface area (Å²) in [5.74, 6) is 0.741. The Morgan fingerprint density at radius 2 is 2.30 bits per heavy atom. The number of methoxy groups -OCH3 is 1. The molecule has 0 spiro atoms. The third-order valence-electron chi connectivity index (χ3n) is 3.72. The highest BCUT2D eigenvalue weighted by Crippen LogP contribution is 2.22. The second kappa shape index (κ2) is 7.04. The van der Waals surface area contributed by atoms with Gasteiger partial charge in [0.05, 0.1) is 32.5 Å². The lowest BCUT2D eigenvalue weighted by atomic mass is 10.1. The number of β-amino-alcohol motifs (C(OH)–C–C–N with tert-alkyl or cyclic N) is 1. The first-order valence-electron chi connectivity index (χ1n) is 6.92. The molecule has 2 rings (SSSR count). The fourth-order valence-corrected chi connectivity index (χ4v) is 2.42. The van der Waals surface area contributed by atoms with Crippen molar-refractivity contribution in [3.63, 3.8) is 0 Å². The zero-order valence-electron chi connectivity index (χ0n) is 12.0. The number of morpholine rings is 1. The van der Waals surface area contributed by atoms with Crippen LogP contribution in [0.15, 0.2) is 24.3 Å². The highest BCUT2D eigenvalue weighted by atomic mass is 16.5. The van der Waals surface area contributed by atoms with Crippen LogP contribution in [-0.2, 0) is 4.74 Å². The van der Waals surface area contributed by atoms with Crippen LogP contribution in [0.2, 0.25) is 0 Å². The number of nitrogens with zero attached hydrogens (tertiary/aromatic N) is 1. The van der Waals surface area contributed by atoms with Gasteiger partial charge in [0.25, 0.3) is 0 Å². The standard InChI is InChI=1S/C15H23NO4/c1-11-10-20-14(9-17)7-16(11)8-15(18)12-4-3-5-13(6-12)19-2/h3-6,11,14-15,17-18H,7-10H2,1-2H3.